The number of amides is 2. The monoisotopic (exact) mass is 606 g/mol. The summed E-state index contributed by atoms with van der Waals surface area (Å²) in [4.78, 5) is 63.0. The normalized spacial score (nSPS) is 14.4. The Morgan fingerprint density at radius 1 is 0.977 bits per heavy atom. The van der Waals surface area contributed by atoms with E-state index < -0.39 is 29.7 Å². The Morgan fingerprint density at radius 3 is 2.34 bits per heavy atom. The first-order chi connectivity index (χ1) is 21.0. The van der Waals surface area contributed by atoms with Gasteiger partial charge in [-0.1, -0.05) is 30.3 Å². The van der Waals surface area contributed by atoms with Crippen LogP contribution in [0.3, 0.4) is 0 Å². The summed E-state index contributed by atoms with van der Waals surface area (Å²) >= 11 is 0. The molecule has 0 saturated carbocycles. The van der Waals surface area contributed by atoms with E-state index in [9.17, 15) is 19.2 Å². The highest BCUT2D eigenvalue weighted by Gasteiger charge is 2.31. The number of rotatable bonds is 10. The average Bonchev–Trinajstić information content (AvgIpc) is 3.54. The Kier molecular flexibility index (Phi) is 10.7. The zero-order valence-corrected chi connectivity index (χ0v) is 25.4. The highest BCUT2D eigenvalue weighted by molar-refractivity contribution is 5.97. The predicted molar refractivity (Wildman–Crippen MR) is 160 cm³/mol. The lowest BCUT2D eigenvalue weighted by atomic mass is 10.0. The van der Waals surface area contributed by atoms with Gasteiger partial charge in [0.2, 0.25) is 5.91 Å². The number of pyridine rings is 1. The van der Waals surface area contributed by atoms with Crippen molar-refractivity contribution in [1.82, 2.24) is 20.3 Å². The summed E-state index contributed by atoms with van der Waals surface area (Å²) in [5.74, 6) is -1.42. The van der Waals surface area contributed by atoms with Crippen LogP contribution in [0.25, 0.3) is 22.4 Å². The second-order valence-corrected chi connectivity index (χ2v) is 11.2. The number of furan rings is 1. The third-order valence-electron chi connectivity index (χ3n) is 6.66. The predicted octanol–water partition coefficient (Wildman–Crippen LogP) is 4.46. The van der Waals surface area contributed by atoms with E-state index in [1.165, 1.54) is 5.06 Å². The van der Waals surface area contributed by atoms with E-state index in [1.54, 1.807) is 57.3 Å². The van der Waals surface area contributed by atoms with Gasteiger partial charge in [-0.3, -0.25) is 14.4 Å². The molecule has 0 bridgehead atoms. The molecule has 2 aromatic heterocycles. The van der Waals surface area contributed by atoms with Gasteiger partial charge in [0.25, 0.3) is 5.91 Å². The van der Waals surface area contributed by atoms with Crippen LogP contribution in [0.5, 0.6) is 0 Å². The van der Waals surface area contributed by atoms with E-state index in [0.29, 0.717) is 11.3 Å². The van der Waals surface area contributed by atoms with Crippen molar-refractivity contribution in [3.05, 3.63) is 66.8 Å². The Balaban J connectivity index is 1.54. The molecule has 1 aliphatic heterocycles. The summed E-state index contributed by atoms with van der Waals surface area (Å²) in [6.07, 6.45) is 2.24. The number of esters is 1. The second-order valence-electron chi connectivity index (χ2n) is 11.2. The van der Waals surface area contributed by atoms with Crippen LogP contribution in [0.15, 0.2) is 65.5 Å². The fraction of sp³-hybridized carbons (Fsp3) is 0.406. The zero-order chi connectivity index (χ0) is 31.7. The highest BCUT2D eigenvalue weighted by atomic mass is 16.8. The summed E-state index contributed by atoms with van der Waals surface area (Å²) < 4.78 is 15.5. The fourth-order valence-electron chi connectivity index (χ4n) is 4.61. The standard InChI is InChI=1S/C32H38N4O8/c1-5-42-31(40)44-36-16-14-35(15-17-36)30(39)25(11-12-28(37)43-32(2,3)4)34-29(38)27-20-24(23-13-18-41-21-23)19-26(33-27)22-9-7-6-8-10-22/h6-10,13,18-21,25H,5,11-12,14-17H2,1-4H3,(H,34,38)/t25-/m0/s1. The van der Waals surface area contributed by atoms with Crippen LogP contribution < -0.4 is 5.32 Å². The number of aromatic nitrogens is 1. The molecule has 12 heteroatoms. The van der Waals surface area contributed by atoms with E-state index in [-0.39, 0.29) is 57.2 Å². The minimum Gasteiger partial charge on any atom is -0.472 e. The van der Waals surface area contributed by atoms with Crippen molar-refractivity contribution >= 4 is 23.9 Å². The number of ether oxygens (including phenoxy) is 2. The van der Waals surface area contributed by atoms with Gasteiger partial charge in [-0.15, -0.1) is 5.06 Å². The van der Waals surface area contributed by atoms with Crippen molar-refractivity contribution in [2.45, 2.75) is 52.2 Å². The average molecular weight is 607 g/mol. The maximum Gasteiger partial charge on any atom is 0.527 e. The van der Waals surface area contributed by atoms with Crippen molar-refractivity contribution < 1.29 is 37.9 Å². The third-order valence-corrected chi connectivity index (χ3v) is 6.66. The molecular weight excluding hydrogens is 568 g/mol. The molecule has 0 radical (unpaired) electrons. The number of carbonyl (C=O) groups excluding carboxylic acids is 4. The molecule has 0 unspecified atom stereocenters. The topological polar surface area (TPSA) is 141 Å². The number of hydrogen-bond acceptors (Lipinski definition) is 10. The fourth-order valence-corrected chi connectivity index (χ4v) is 4.61. The summed E-state index contributed by atoms with van der Waals surface area (Å²) in [6, 6.07) is 13.7. The van der Waals surface area contributed by atoms with Gasteiger partial charge >= 0.3 is 12.1 Å². The van der Waals surface area contributed by atoms with Crippen molar-refractivity contribution in [2.24, 2.45) is 0 Å². The lowest BCUT2D eigenvalue weighted by Crippen LogP contribution is -2.55. The second kappa shape index (κ2) is 14.6. The van der Waals surface area contributed by atoms with E-state index in [0.717, 1.165) is 11.1 Å². The van der Waals surface area contributed by atoms with Gasteiger partial charge in [-0.05, 0) is 57.9 Å². The van der Waals surface area contributed by atoms with Gasteiger partial charge in [0.1, 0.15) is 17.3 Å². The van der Waals surface area contributed by atoms with Gasteiger partial charge in [0.05, 0.1) is 37.9 Å². The van der Waals surface area contributed by atoms with Crippen LogP contribution in [0.2, 0.25) is 0 Å². The molecule has 12 nitrogen and oxygen atoms in total. The maximum absolute atomic E-state index is 13.7. The number of benzene rings is 1. The molecule has 1 atom stereocenters. The van der Waals surface area contributed by atoms with Gasteiger partial charge in [-0.25, -0.2) is 9.78 Å². The lowest BCUT2D eigenvalue weighted by molar-refractivity contribution is -0.158. The first-order valence-corrected chi connectivity index (χ1v) is 14.5. The van der Waals surface area contributed by atoms with Crippen LogP contribution in [-0.4, -0.2) is 83.3 Å². The van der Waals surface area contributed by atoms with Crippen LogP contribution in [0, 0.1) is 0 Å². The number of nitrogens with one attached hydrogen (secondary N) is 1. The minimum atomic E-state index is -1.04. The summed E-state index contributed by atoms with van der Waals surface area (Å²) in [7, 11) is 0. The Morgan fingerprint density at radius 2 is 1.70 bits per heavy atom. The Hall–Kier alpha value is -4.71. The largest absolute Gasteiger partial charge is 0.527 e. The number of hydroxylamine groups is 2. The van der Waals surface area contributed by atoms with E-state index >= 15 is 0 Å². The first-order valence-electron chi connectivity index (χ1n) is 14.5. The molecule has 1 fully saturated rings. The lowest BCUT2D eigenvalue weighted by Gasteiger charge is -2.35. The molecule has 3 heterocycles. The van der Waals surface area contributed by atoms with Crippen LogP contribution in [-0.2, 0) is 23.9 Å². The van der Waals surface area contributed by atoms with Crippen molar-refractivity contribution in [3.8, 4) is 22.4 Å². The van der Waals surface area contributed by atoms with Crippen LogP contribution in [0.4, 0.5) is 4.79 Å². The smallest absolute Gasteiger partial charge is 0.472 e. The Bertz CT molecular complexity index is 1430. The van der Waals surface area contributed by atoms with Gasteiger partial charge < -0.3 is 28.9 Å². The van der Waals surface area contributed by atoms with Crippen LogP contribution in [0.1, 0.15) is 51.0 Å². The molecule has 1 N–H and O–H groups in total. The molecule has 2 amide bonds. The van der Waals surface area contributed by atoms with Gasteiger partial charge in [0, 0.05) is 30.6 Å². The number of nitrogens with zero attached hydrogens (tertiary/aromatic N) is 3. The number of piperazine rings is 1. The molecule has 234 valence electrons. The molecular formula is C32H38N4O8. The Labute approximate surface area is 256 Å². The van der Waals surface area contributed by atoms with Crippen molar-refractivity contribution in [1.29, 1.82) is 0 Å². The van der Waals surface area contributed by atoms with Crippen molar-refractivity contribution in [3.63, 3.8) is 0 Å². The molecule has 4 rings (SSSR count). The number of hydrogen-bond donors (Lipinski definition) is 1. The van der Waals surface area contributed by atoms with E-state index in [2.05, 4.69) is 10.3 Å². The van der Waals surface area contributed by atoms with E-state index in [1.807, 2.05) is 36.4 Å². The molecule has 1 saturated heterocycles. The summed E-state index contributed by atoms with van der Waals surface area (Å²) in [6.45, 7) is 8.13. The van der Waals surface area contributed by atoms with Gasteiger partial charge in [-0.2, -0.15) is 0 Å². The van der Waals surface area contributed by atoms with Gasteiger partial charge in [0.15, 0.2) is 0 Å². The summed E-state index contributed by atoms with van der Waals surface area (Å²) in [5, 5.41) is 4.24. The minimum absolute atomic E-state index is 0.0198. The zero-order valence-electron chi connectivity index (χ0n) is 25.4. The molecule has 3 aromatic rings. The molecule has 44 heavy (non-hydrogen) atoms. The van der Waals surface area contributed by atoms with Crippen LogP contribution >= 0.6 is 0 Å². The molecule has 1 aromatic carbocycles. The molecule has 1 aliphatic rings. The number of carbonyl (C=O) groups is 4. The molecule has 0 aliphatic carbocycles. The maximum atomic E-state index is 13.7. The van der Waals surface area contributed by atoms with Crippen molar-refractivity contribution in [2.75, 3.05) is 32.8 Å². The quantitative estimate of drug-likeness (QED) is 0.329. The molecule has 0 spiro atoms. The first kappa shape index (κ1) is 32.2. The third kappa shape index (κ3) is 9.14. The highest BCUT2D eigenvalue weighted by Crippen LogP contribution is 2.26. The summed E-state index contributed by atoms with van der Waals surface area (Å²) in [5.41, 5.74) is 2.27. The van der Waals surface area contributed by atoms with E-state index in [4.69, 9.17) is 18.7 Å². The SMILES string of the molecule is CCOC(=O)ON1CCN(C(=O)[C@H](CCC(=O)OC(C)(C)C)NC(=O)c2cc(-c3ccoc3)cc(-c3ccccc3)n2)CC1.